The van der Waals surface area contributed by atoms with Crippen LogP contribution >= 0.6 is 11.8 Å². The maximum absolute atomic E-state index is 13.7. The molecule has 0 bridgehead atoms. The Morgan fingerprint density at radius 2 is 2.00 bits per heavy atom. The summed E-state index contributed by atoms with van der Waals surface area (Å²) in [6, 6.07) is 11.0. The van der Waals surface area contributed by atoms with E-state index in [1.807, 2.05) is 24.3 Å². The van der Waals surface area contributed by atoms with E-state index in [1.54, 1.807) is 7.11 Å². The molecule has 106 valence electrons. The predicted octanol–water partition coefficient (Wildman–Crippen LogP) is 3.77. The van der Waals surface area contributed by atoms with Crippen LogP contribution in [0.5, 0.6) is 5.75 Å². The number of ether oxygens (including phenoxy) is 1. The minimum absolute atomic E-state index is 0.120. The Labute approximate surface area is 120 Å². The van der Waals surface area contributed by atoms with Crippen LogP contribution in [-0.2, 0) is 0 Å². The maximum Gasteiger partial charge on any atom is 0.139 e. The van der Waals surface area contributed by atoms with Gasteiger partial charge in [-0.3, -0.25) is 0 Å². The van der Waals surface area contributed by atoms with Gasteiger partial charge >= 0.3 is 0 Å². The number of nitrogens with two attached hydrogens (primary N) is 1. The zero-order valence-electron chi connectivity index (χ0n) is 11.0. The van der Waals surface area contributed by atoms with Crippen LogP contribution in [0.1, 0.15) is 10.8 Å². The minimum atomic E-state index is -0.586. The highest BCUT2D eigenvalue weighted by molar-refractivity contribution is 7.99. The predicted molar refractivity (Wildman–Crippen MR) is 77.0 cm³/mol. The quantitative estimate of drug-likeness (QED) is 0.853. The summed E-state index contributed by atoms with van der Waals surface area (Å²) in [4.78, 5) is 0.379. The molecular weight excluding hydrogens is 280 g/mol. The molecule has 0 amide bonds. The molecule has 0 spiro atoms. The van der Waals surface area contributed by atoms with Crippen molar-refractivity contribution in [3.05, 3.63) is 59.7 Å². The molecule has 20 heavy (non-hydrogen) atoms. The molecule has 2 rings (SSSR count). The van der Waals surface area contributed by atoms with Gasteiger partial charge in [-0.15, -0.1) is 11.8 Å². The van der Waals surface area contributed by atoms with E-state index in [9.17, 15) is 8.78 Å². The molecule has 0 aliphatic heterocycles. The third-order valence-corrected chi connectivity index (χ3v) is 4.18. The van der Waals surface area contributed by atoms with Gasteiger partial charge in [0.2, 0.25) is 0 Å². The largest absolute Gasteiger partial charge is 0.497 e. The standard InChI is InChI=1S/C15H15F2NOS/c1-19-12-4-2-3-10(7-12)15(9-18)20-14-6-5-11(16)8-13(14)17/h2-8,15H,9,18H2,1H3. The Kier molecular flexibility index (Phi) is 4.98. The van der Waals surface area contributed by atoms with Gasteiger partial charge in [-0.2, -0.15) is 0 Å². The van der Waals surface area contributed by atoms with E-state index in [-0.39, 0.29) is 5.25 Å². The Bertz CT molecular complexity index is 592. The third-order valence-electron chi connectivity index (χ3n) is 2.84. The average molecular weight is 295 g/mol. The molecule has 2 aromatic rings. The highest BCUT2D eigenvalue weighted by Crippen LogP contribution is 2.36. The van der Waals surface area contributed by atoms with E-state index < -0.39 is 11.6 Å². The first-order valence-corrected chi connectivity index (χ1v) is 6.97. The molecule has 0 aliphatic rings. The van der Waals surface area contributed by atoms with Gasteiger partial charge in [-0.25, -0.2) is 8.78 Å². The normalized spacial score (nSPS) is 12.2. The van der Waals surface area contributed by atoms with Crippen molar-refractivity contribution in [2.45, 2.75) is 10.1 Å². The van der Waals surface area contributed by atoms with Crippen LogP contribution in [0, 0.1) is 11.6 Å². The molecule has 0 aromatic heterocycles. The van der Waals surface area contributed by atoms with Crippen LogP contribution in [0.15, 0.2) is 47.4 Å². The second kappa shape index (κ2) is 6.72. The smallest absolute Gasteiger partial charge is 0.139 e. The Morgan fingerprint density at radius 3 is 2.65 bits per heavy atom. The fourth-order valence-corrected chi connectivity index (χ4v) is 2.82. The first-order valence-electron chi connectivity index (χ1n) is 6.09. The van der Waals surface area contributed by atoms with Gasteiger partial charge in [0.1, 0.15) is 17.4 Å². The summed E-state index contributed by atoms with van der Waals surface area (Å²) in [6.07, 6.45) is 0. The van der Waals surface area contributed by atoms with Crippen LogP contribution in [0.4, 0.5) is 8.78 Å². The van der Waals surface area contributed by atoms with Crippen LogP contribution in [-0.4, -0.2) is 13.7 Å². The van der Waals surface area contributed by atoms with Crippen molar-refractivity contribution in [1.82, 2.24) is 0 Å². The Hall–Kier alpha value is -1.59. The van der Waals surface area contributed by atoms with E-state index in [0.29, 0.717) is 11.4 Å². The summed E-state index contributed by atoms with van der Waals surface area (Å²) in [6.45, 7) is 0.342. The van der Waals surface area contributed by atoms with Crippen molar-refractivity contribution in [1.29, 1.82) is 0 Å². The van der Waals surface area contributed by atoms with Gasteiger partial charge in [0.15, 0.2) is 0 Å². The van der Waals surface area contributed by atoms with Gasteiger partial charge in [0, 0.05) is 22.8 Å². The van der Waals surface area contributed by atoms with Gasteiger partial charge in [-0.05, 0) is 29.8 Å². The third kappa shape index (κ3) is 3.49. The lowest BCUT2D eigenvalue weighted by Gasteiger charge is -2.16. The van der Waals surface area contributed by atoms with Crippen molar-refractivity contribution in [3.8, 4) is 5.75 Å². The summed E-state index contributed by atoms with van der Waals surface area (Å²) < 4.78 is 31.7. The summed E-state index contributed by atoms with van der Waals surface area (Å²) >= 11 is 1.27. The summed E-state index contributed by atoms with van der Waals surface area (Å²) in [5.74, 6) is -0.435. The summed E-state index contributed by atoms with van der Waals surface area (Å²) in [5, 5.41) is -0.120. The lowest BCUT2D eigenvalue weighted by Crippen LogP contribution is -2.09. The molecule has 0 heterocycles. The van der Waals surface area contributed by atoms with Gasteiger partial charge in [-0.1, -0.05) is 12.1 Å². The minimum Gasteiger partial charge on any atom is -0.497 e. The van der Waals surface area contributed by atoms with Crippen LogP contribution < -0.4 is 10.5 Å². The van der Waals surface area contributed by atoms with E-state index in [4.69, 9.17) is 10.5 Å². The van der Waals surface area contributed by atoms with Crippen LogP contribution in [0.2, 0.25) is 0 Å². The zero-order chi connectivity index (χ0) is 14.5. The molecule has 0 saturated carbocycles. The molecule has 2 nitrogen and oxygen atoms in total. The van der Waals surface area contributed by atoms with Crippen molar-refractivity contribution in [3.63, 3.8) is 0 Å². The maximum atomic E-state index is 13.7. The number of hydrogen-bond donors (Lipinski definition) is 1. The molecule has 1 unspecified atom stereocenters. The number of methoxy groups -OCH3 is 1. The van der Waals surface area contributed by atoms with Gasteiger partial charge in [0.25, 0.3) is 0 Å². The second-order valence-electron chi connectivity index (χ2n) is 4.19. The highest BCUT2D eigenvalue weighted by atomic mass is 32.2. The number of benzene rings is 2. The first-order chi connectivity index (χ1) is 9.63. The molecular formula is C15H15F2NOS. The Morgan fingerprint density at radius 1 is 1.20 bits per heavy atom. The zero-order valence-corrected chi connectivity index (χ0v) is 11.8. The van der Waals surface area contributed by atoms with Crippen molar-refractivity contribution in [2.24, 2.45) is 5.73 Å². The fourth-order valence-electron chi connectivity index (χ4n) is 1.82. The first kappa shape index (κ1) is 14.8. The average Bonchev–Trinajstić information content (AvgIpc) is 2.46. The van der Waals surface area contributed by atoms with E-state index >= 15 is 0 Å². The molecule has 0 radical (unpaired) electrons. The summed E-state index contributed by atoms with van der Waals surface area (Å²) in [5.41, 5.74) is 6.71. The second-order valence-corrected chi connectivity index (χ2v) is 5.44. The molecule has 0 saturated heterocycles. The van der Waals surface area contributed by atoms with Gasteiger partial charge < -0.3 is 10.5 Å². The number of hydrogen-bond acceptors (Lipinski definition) is 3. The Balaban J connectivity index is 2.23. The van der Waals surface area contributed by atoms with E-state index in [2.05, 4.69) is 0 Å². The molecule has 0 fully saturated rings. The number of halogens is 2. The van der Waals surface area contributed by atoms with Crippen molar-refractivity contribution >= 4 is 11.8 Å². The van der Waals surface area contributed by atoms with Gasteiger partial charge in [0.05, 0.1) is 7.11 Å². The van der Waals surface area contributed by atoms with E-state index in [1.165, 1.54) is 23.9 Å². The van der Waals surface area contributed by atoms with Crippen LogP contribution in [0.25, 0.3) is 0 Å². The number of thioether (sulfide) groups is 1. The monoisotopic (exact) mass is 295 g/mol. The van der Waals surface area contributed by atoms with Crippen molar-refractivity contribution < 1.29 is 13.5 Å². The lowest BCUT2D eigenvalue weighted by atomic mass is 10.1. The number of rotatable bonds is 5. The summed E-state index contributed by atoms with van der Waals surface area (Å²) in [7, 11) is 1.59. The fraction of sp³-hybridized carbons (Fsp3) is 0.200. The molecule has 2 N–H and O–H groups in total. The molecule has 0 aliphatic carbocycles. The SMILES string of the molecule is COc1cccc(C(CN)Sc2ccc(F)cc2F)c1. The topological polar surface area (TPSA) is 35.2 Å². The highest BCUT2D eigenvalue weighted by Gasteiger charge is 2.15. The molecule has 2 aromatic carbocycles. The van der Waals surface area contributed by atoms with Crippen molar-refractivity contribution in [2.75, 3.05) is 13.7 Å². The molecule has 1 atom stereocenters. The van der Waals surface area contributed by atoms with Crippen LogP contribution in [0.3, 0.4) is 0 Å². The lowest BCUT2D eigenvalue weighted by molar-refractivity contribution is 0.414. The van der Waals surface area contributed by atoms with E-state index in [0.717, 1.165) is 17.4 Å². The molecule has 5 heteroatoms.